The van der Waals surface area contributed by atoms with Crippen LogP contribution in [0.4, 0.5) is 5.25 Å². The van der Waals surface area contributed by atoms with Crippen molar-refractivity contribution >= 4 is 6.08 Å². The van der Waals surface area contributed by atoms with E-state index in [1.165, 1.54) is 17.5 Å². The second-order valence-corrected chi connectivity index (χ2v) is 3.43. The van der Waals surface area contributed by atoms with E-state index >= 15 is 0 Å². The van der Waals surface area contributed by atoms with Crippen LogP contribution in [0, 0.1) is 0 Å². The summed E-state index contributed by atoms with van der Waals surface area (Å²) in [5.41, 5.74) is 2.90. The van der Waals surface area contributed by atoms with E-state index in [1.807, 2.05) is 0 Å². The van der Waals surface area contributed by atoms with E-state index in [0.29, 0.717) is 5.92 Å². The van der Waals surface area contributed by atoms with Crippen molar-refractivity contribution in [2.24, 2.45) is 0 Å². The molecule has 1 unspecified atom stereocenters. The van der Waals surface area contributed by atoms with Gasteiger partial charge in [0.25, 0.3) is 0 Å². The molecule has 0 spiro atoms. The Kier molecular flexibility index (Phi) is 5.25. The van der Waals surface area contributed by atoms with E-state index in [-0.39, 0.29) is 0 Å². The summed E-state index contributed by atoms with van der Waals surface area (Å²) >= 11 is -2.77. The number of halogens is 2. The normalized spacial score (nSPS) is 16.9. The summed E-state index contributed by atoms with van der Waals surface area (Å²) < 4.78 is 19.6. The Bertz CT molecular complexity index is 310. The van der Waals surface area contributed by atoms with Crippen LogP contribution in [0.5, 0.6) is 0 Å². The number of hydrogen-bond donors (Lipinski definition) is 0. The van der Waals surface area contributed by atoms with Gasteiger partial charge in [0.2, 0.25) is 0 Å². The minimum atomic E-state index is -2.77. The molecule has 0 saturated heterocycles. The summed E-state index contributed by atoms with van der Waals surface area (Å²) in [7, 11) is 0. The maximum absolute atomic E-state index is 9.80. The second kappa shape index (κ2) is 6.24. The molecule has 1 aliphatic rings. The Morgan fingerprint density at radius 3 is 2.57 bits per heavy atom. The van der Waals surface area contributed by atoms with Crippen molar-refractivity contribution in [3.63, 3.8) is 0 Å². The van der Waals surface area contributed by atoms with Crippen molar-refractivity contribution in [3.05, 3.63) is 41.5 Å². The Labute approximate surface area is 96.4 Å². The average Bonchev–Trinajstić information content (AvgIpc) is 2.62. The fourth-order valence-electron chi connectivity index (χ4n) is 1.68. The van der Waals surface area contributed by atoms with Gasteiger partial charge in [0.15, 0.2) is 0 Å². The molecule has 0 fully saturated rings. The molecule has 1 aromatic rings. The Balaban J connectivity index is 0.000000293. The molecular formula is C11H12F2Zr. The molecule has 14 heavy (non-hydrogen) atoms. The predicted molar refractivity (Wildman–Crippen MR) is 50.7 cm³/mol. The first-order valence-electron chi connectivity index (χ1n) is 4.56. The molecule has 0 saturated carbocycles. The number of fused-ring (bicyclic) bond motifs is 1. The maximum atomic E-state index is 9.80. The molecule has 1 atom stereocenters. The van der Waals surface area contributed by atoms with E-state index < -0.39 is 24.5 Å². The second-order valence-electron chi connectivity index (χ2n) is 3.07. The topological polar surface area (TPSA) is 0 Å². The monoisotopic (exact) mass is 272 g/mol. The molecule has 2 rings (SSSR count). The van der Waals surface area contributed by atoms with Crippen LogP contribution >= 0.6 is 0 Å². The molecule has 0 bridgehead atoms. The first kappa shape index (κ1) is 11.8. The molecule has 1 aromatic carbocycles. The van der Waals surface area contributed by atoms with Gasteiger partial charge in [0.1, 0.15) is 0 Å². The van der Waals surface area contributed by atoms with Gasteiger partial charge in [-0.25, -0.2) is 0 Å². The molecular weight excluding hydrogens is 261 g/mol. The molecule has 0 amide bonds. The van der Waals surface area contributed by atoms with Gasteiger partial charge in [0, 0.05) is 5.92 Å². The third kappa shape index (κ3) is 2.85. The van der Waals surface area contributed by atoms with Gasteiger partial charge in [-0.2, -0.15) is 0 Å². The van der Waals surface area contributed by atoms with Gasteiger partial charge in [-0.3, -0.25) is 0 Å². The van der Waals surface area contributed by atoms with Crippen LogP contribution < -0.4 is 0 Å². The number of rotatable bonds is 1. The minimum absolute atomic E-state index is 0.672. The number of hydrogen-bond acceptors (Lipinski definition) is 0. The van der Waals surface area contributed by atoms with Crippen LogP contribution in [0.1, 0.15) is 30.4 Å². The molecule has 0 aromatic heterocycles. The molecule has 1 aliphatic carbocycles. The Hall–Kier alpha value is -0.297. The Morgan fingerprint density at radius 2 is 1.93 bits per heavy atom. The van der Waals surface area contributed by atoms with Gasteiger partial charge < -0.3 is 0 Å². The summed E-state index contributed by atoms with van der Waals surface area (Å²) in [6.45, 7) is 2.23. The van der Waals surface area contributed by atoms with Crippen molar-refractivity contribution < 1.29 is 29.7 Å². The third-order valence-electron chi connectivity index (χ3n) is 2.34. The summed E-state index contributed by atoms with van der Waals surface area (Å²) in [6.07, 6.45) is 5.74. The van der Waals surface area contributed by atoms with Crippen molar-refractivity contribution in [3.8, 4) is 0 Å². The predicted octanol–water partition coefficient (Wildman–Crippen LogP) is 4.04. The quantitative estimate of drug-likeness (QED) is 0.724. The van der Waals surface area contributed by atoms with Crippen LogP contribution in [0.3, 0.4) is 0 Å². The summed E-state index contributed by atoms with van der Waals surface area (Å²) in [5.74, 6) is 0.672. The molecule has 0 radical (unpaired) electrons. The summed E-state index contributed by atoms with van der Waals surface area (Å²) in [5, 5.41) is 0. The molecule has 0 aliphatic heterocycles. The van der Waals surface area contributed by atoms with Crippen LogP contribution in [0.15, 0.2) is 30.3 Å². The van der Waals surface area contributed by atoms with Crippen LogP contribution in [0.25, 0.3) is 6.08 Å². The van der Waals surface area contributed by atoms with Crippen molar-refractivity contribution in [2.45, 2.75) is 19.3 Å². The first-order valence-corrected chi connectivity index (χ1v) is 6.42. The van der Waals surface area contributed by atoms with Gasteiger partial charge in [-0.05, 0) is 17.5 Å². The zero-order valence-corrected chi connectivity index (χ0v) is 10.5. The zero-order chi connectivity index (χ0) is 10.4. The third-order valence-corrected chi connectivity index (χ3v) is 2.34. The standard InChI is InChI=1S/C11H12.2FH.Zr/c1-2-9-7-8-10-5-3-4-6-11(9)10;;;/h3-9H,2H2,1H3;2*1H;/q;;;+2/p-2. The Morgan fingerprint density at radius 1 is 1.29 bits per heavy atom. The van der Waals surface area contributed by atoms with Crippen molar-refractivity contribution in [2.75, 3.05) is 0 Å². The van der Waals surface area contributed by atoms with E-state index in [9.17, 15) is 5.25 Å². The van der Waals surface area contributed by atoms with Crippen LogP contribution in [-0.2, 0) is 24.5 Å². The fraction of sp³-hybridized carbons (Fsp3) is 0.273. The summed E-state index contributed by atoms with van der Waals surface area (Å²) in [4.78, 5) is 0. The molecule has 3 heteroatoms. The van der Waals surface area contributed by atoms with Crippen molar-refractivity contribution in [1.29, 1.82) is 0 Å². The van der Waals surface area contributed by atoms with E-state index in [1.54, 1.807) is 0 Å². The SMILES string of the molecule is CCC1C=Cc2ccccc21.[F][Zr][F]. The average molecular weight is 273 g/mol. The molecule has 74 valence electrons. The van der Waals surface area contributed by atoms with E-state index in [4.69, 9.17) is 0 Å². The van der Waals surface area contributed by atoms with Crippen LogP contribution in [0.2, 0.25) is 0 Å². The van der Waals surface area contributed by atoms with Crippen LogP contribution in [-0.4, -0.2) is 0 Å². The van der Waals surface area contributed by atoms with Crippen molar-refractivity contribution in [1.82, 2.24) is 0 Å². The number of benzene rings is 1. The first-order chi connectivity index (χ1) is 6.83. The molecule has 0 nitrogen and oxygen atoms in total. The van der Waals surface area contributed by atoms with Gasteiger partial charge >= 0.3 is 29.7 Å². The van der Waals surface area contributed by atoms with Gasteiger partial charge in [0.05, 0.1) is 0 Å². The molecule has 0 heterocycles. The molecule has 0 N–H and O–H groups in total. The van der Waals surface area contributed by atoms with Gasteiger partial charge in [-0.1, -0.05) is 43.3 Å². The summed E-state index contributed by atoms with van der Waals surface area (Å²) in [6, 6.07) is 8.63. The fourth-order valence-corrected chi connectivity index (χ4v) is 1.68. The zero-order valence-electron chi connectivity index (χ0n) is 8.00. The van der Waals surface area contributed by atoms with Gasteiger partial charge in [-0.15, -0.1) is 0 Å². The number of allylic oxidation sites excluding steroid dienone is 1. The van der Waals surface area contributed by atoms with E-state index in [2.05, 4.69) is 43.3 Å². The van der Waals surface area contributed by atoms with E-state index in [0.717, 1.165) is 0 Å².